The second kappa shape index (κ2) is 40.3. The van der Waals surface area contributed by atoms with Crippen molar-refractivity contribution in [3.63, 3.8) is 0 Å². The van der Waals surface area contributed by atoms with Gasteiger partial charge in [-0.3, -0.25) is 24.2 Å². The van der Waals surface area contributed by atoms with Gasteiger partial charge in [-0.05, 0) is 97.9 Å². The summed E-state index contributed by atoms with van der Waals surface area (Å²) in [6.07, 6.45) is 21.2. The number of benzene rings is 3. The van der Waals surface area contributed by atoms with Gasteiger partial charge in [0.1, 0.15) is 35.4 Å². The summed E-state index contributed by atoms with van der Waals surface area (Å²) < 4.78 is 3.81. The van der Waals surface area contributed by atoms with Crippen molar-refractivity contribution in [2.24, 2.45) is 17.6 Å². The number of ketones is 1. The van der Waals surface area contributed by atoms with Crippen LogP contribution in [0.15, 0.2) is 134 Å². The first kappa shape index (κ1) is 78.5. The first-order valence-electron chi connectivity index (χ1n) is 31.5. The molecule has 3 radical (unpaired) electrons. The number of nitrogens with zero attached hydrogens (tertiary/aromatic N) is 10. The summed E-state index contributed by atoms with van der Waals surface area (Å²) in [7, 11) is 9.73. The summed E-state index contributed by atoms with van der Waals surface area (Å²) in [5.74, 6) is 3.19. The average Bonchev–Trinajstić information content (AvgIpc) is 0.860. The Morgan fingerprint density at radius 2 is 1.01 bits per heavy atom. The number of hydrogen-bond acceptors (Lipinski definition) is 18. The zero-order chi connectivity index (χ0) is 65.2. The van der Waals surface area contributed by atoms with Gasteiger partial charge in [-0.25, -0.2) is 4.79 Å². The van der Waals surface area contributed by atoms with E-state index in [1.807, 2.05) is 108 Å². The summed E-state index contributed by atoms with van der Waals surface area (Å²) in [6, 6.07) is 35.3. The number of aliphatic carboxylic acids is 2. The molecule has 0 spiro atoms. The van der Waals surface area contributed by atoms with E-state index in [-0.39, 0.29) is 73.9 Å². The molecule has 7 heterocycles. The molecule has 4 aromatic heterocycles. The van der Waals surface area contributed by atoms with E-state index in [0.717, 1.165) is 75.9 Å². The van der Waals surface area contributed by atoms with E-state index < -0.39 is 18.0 Å². The molecular formula is C69H94BN17NaO6. The van der Waals surface area contributed by atoms with Crippen LogP contribution < -0.4 is 68.0 Å². The molecule has 495 valence electrons. The van der Waals surface area contributed by atoms with Crippen molar-refractivity contribution in [1.29, 1.82) is 5.26 Å². The number of likely N-dealkylation sites (N-methyl/N-ethyl adjacent to an activating group) is 3. The number of aromatic nitrogens is 6. The third kappa shape index (κ3) is 24.1. The normalized spacial score (nSPS) is 17.3. The molecule has 23 nitrogen and oxygen atoms in total. The number of anilines is 4. The molecule has 0 bridgehead atoms. The Balaban J connectivity index is 0.000000280. The number of carboxylic acids is 2. The minimum atomic E-state index is -0.835. The third-order valence-corrected chi connectivity index (χ3v) is 16.7. The number of Topliss-reactive ketones (excluding diaryl/α,β-unsaturated/α-hetero) is 1. The zero-order valence-corrected chi connectivity index (χ0v) is 57.8. The number of amides is 1. The van der Waals surface area contributed by atoms with Gasteiger partial charge in [0.2, 0.25) is 17.8 Å². The minimum Gasteiger partial charge on any atom is -0.512 e. The van der Waals surface area contributed by atoms with Crippen molar-refractivity contribution < 1.29 is 58.9 Å². The summed E-state index contributed by atoms with van der Waals surface area (Å²) in [6.45, 7) is 11.0. The van der Waals surface area contributed by atoms with Gasteiger partial charge in [0.05, 0.1) is 12.6 Å². The topological polar surface area (TPSA) is 325 Å². The molecule has 1 amide bonds. The summed E-state index contributed by atoms with van der Waals surface area (Å²) in [5.41, 5.74) is 13.2. The Bertz CT molecular complexity index is 3430. The second-order valence-corrected chi connectivity index (χ2v) is 24.0. The number of nitrogens with one attached hydrogen (secondary N) is 5. The van der Waals surface area contributed by atoms with Crippen molar-refractivity contribution in [1.82, 2.24) is 55.2 Å². The maximum Gasteiger partial charge on any atom is 1.00 e. The monoisotopic (exact) mass is 1290 g/mol. The molecule has 25 heteroatoms. The van der Waals surface area contributed by atoms with E-state index in [4.69, 9.17) is 27.5 Å². The largest absolute Gasteiger partial charge is 1.00 e. The van der Waals surface area contributed by atoms with E-state index >= 15 is 0 Å². The fourth-order valence-corrected chi connectivity index (χ4v) is 12.4. The van der Waals surface area contributed by atoms with Gasteiger partial charge in [0, 0.05) is 111 Å². The van der Waals surface area contributed by atoms with Crippen LogP contribution in [0.2, 0.25) is 0 Å². The van der Waals surface area contributed by atoms with Crippen LogP contribution in [0.25, 0.3) is 11.6 Å². The van der Waals surface area contributed by atoms with Gasteiger partial charge >= 0.3 is 35.5 Å². The number of hydrogen-bond donors (Lipinski definition) is 9. The Morgan fingerprint density at radius 1 is 0.596 bits per heavy atom. The van der Waals surface area contributed by atoms with Crippen LogP contribution in [0.3, 0.4) is 0 Å². The van der Waals surface area contributed by atoms with E-state index in [1.165, 1.54) is 73.6 Å². The van der Waals surface area contributed by atoms with Crippen molar-refractivity contribution in [2.75, 3.05) is 76.1 Å². The van der Waals surface area contributed by atoms with Crippen molar-refractivity contribution in [3.8, 4) is 11.6 Å². The number of nitrogens with two attached hydrogens (primary N) is 1. The molecule has 2 aliphatic carbocycles. The number of rotatable bonds is 15. The molecule has 4 atom stereocenters. The van der Waals surface area contributed by atoms with Gasteiger partial charge in [0.15, 0.2) is 5.78 Å². The number of carbonyl (C=O) groups is 4. The molecule has 5 aliphatic rings. The van der Waals surface area contributed by atoms with Crippen LogP contribution in [0.1, 0.15) is 134 Å². The summed E-state index contributed by atoms with van der Waals surface area (Å²) >= 11 is 0. The van der Waals surface area contributed by atoms with E-state index in [1.54, 1.807) is 13.1 Å². The van der Waals surface area contributed by atoms with Crippen LogP contribution in [-0.2, 0) is 34.0 Å². The molecule has 2 saturated carbocycles. The quantitative estimate of drug-likeness (QED) is 0.0371. The van der Waals surface area contributed by atoms with E-state index in [0.29, 0.717) is 54.2 Å². The maximum atomic E-state index is 13.8. The molecule has 2 fully saturated rings. The Hall–Kier alpha value is -7.99. The molecular weight excluding hydrogens is 1200 g/mol. The molecule has 3 aromatic carbocycles. The molecule has 12 N–H and O–H groups in total. The van der Waals surface area contributed by atoms with Crippen LogP contribution in [0, 0.1) is 23.7 Å². The van der Waals surface area contributed by atoms with Crippen LogP contribution in [-0.4, -0.2) is 153 Å². The van der Waals surface area contributed by atoms with Crippen LogP contribution in [0.5, 0.6) is 0 Å². The smallest absolute Gasteiger partial charge is 0.512 e. The van der Waals surface area contributed by atoms with Gasteiger partial charge in [-0.2, -0.15) is 19.9 Å². The summed E-state index contributed by atoms with van der Waals surface area (Å²) in [5, 5.41) is 39.2. The van der Waals surface area contributed by atoms with Gasteiger partial charge in [-0.1, -0.05) is 137 Å². The van der Waals surface area contributed by atoms with E-state index in [2.05, 4.69) is 119 Å². The molecule has 7 aromatic rings. The molecule has 94 heavy (non-hydrogen) atoms. The second-order valence-electron chi connectivity index (χ2n) is 24.0. The molecule has 1 unspecified atom stereocenters. The van der Waals surface area contributed by atoms with E-state index in [9.17, 15) is 19.5 Å². The molecule has 0 saturated heterocycles. The van der Waals surface area contributed by atoms with Crippen LogP contribution >= 0.6 is 0 Å². The fourth-order valence-electron chi connectivity index (χ4n) is 12.4. The number of carbonyl (C=O) groups excluding carboxylic acids is 2. The number of carboxylic acid groups (broad SMARTS) is 2. The minimum absolute atomic E-state index is 0. The predicted octanol–water partition coefficient (Wildman–Crippen LogP) is 6.93. The number of fused-ring (bicyclic) bond motifs is 3. The van der Waals surface area contributed by atoms with Gasteiger partial charge < -0.3 is 74.5 Å². The molecule has 3 aliphatic heterocycles. The SMILES string of the molecule is CC(=O)O.CN1CC(=O)c2ccccc2C1.CN1Cc2ccccc2C(N)C1.CNc1nc(N[C@H](CC2CCCCC2)C(=O)N[C@@H]2CN(C)Cc3ccccc32)cc(-n2cccc2)n1.CNc1nc(N[C@H](CC2CCCCC2)C(=O)O)cc(-n2cccc2)n1.N.[B].[C-]#N.[Na+]. The van der Waals surface area contributed by atoms with Gasteiger partial charge in [-0.15, -0.1) is 0 Å². The maximum absolute atomic E-state index is 13.8. The zero-order valence-electron chi connectivity index (χ0n) is 55.8. The van der Waals surface area contributed by atoms with Crippen molar-refractivity contribution in [3.05, 3.63) is 174 Å². The van der Waals surface area contributed by atoms with Crippen molar-refractivity contribution >= 4 is 55.6 Å². The predicted molar refractivity (Wildman–Crippen MR) is 366 cm³/mol. The Kier molecular flexibility index (Phi) is 33.6. The van der Waals surface area contributed by atoms with Crippen LogP contribution in [0.4, 0.5) is 23.5 Å². The molecule has 12 rings (SSSR count). The fraction of sp³-hybridized carbons (Fsp3) is 0.435. The average molecular weight is 1290 g/mol. The van der Waals surface area contributed by atoms with Crippen molar-refractivity contribution in [2.45, 2.75) is 128 Å². The first-order chi connectivity index (χ1) is 44.0. The Morgan fingerprint density at radius 3 is 1.50 bits per heavy atom. The summed E-state index contributed by atoms with van der Waals surface area (Å²) in [4.78, 5) is 70.6. The first-order valence-corrected chi connectivity index (χ1v) is 31.5. The Labute approximate surface area is 578 Å². The van der Waals surface area contributed by atoms with Gasteiger partial charge in [0.25, 0.3) is 5.97 Å². The standard InChI is InChI=1S/C28H37N7O.C18H25N5O2.C10H14N2.C10H11NO.C2H4O2.CN.B.H3N.Na/c1-29-28-32-25(17-26(33-28)35-14-8-9-15-35)30-23(16-20-10-4-3-5-11-20)27(36)31-24-19-34(2)18-21-12-6-7-13-22(21)24;1-19-18-21-15(12-16(22-18)23-9-5-6-10-23)20-14(17(24)25)11-13-7-3-2-4-8-13;1-12-6-8-4-2-3-5-9(8)10(11)7-12;1-11-6-8-4-2-3-5-9(8)10(12)7-11;1-2(3)4;1-2;;;/h6-9,12-15,17,20,23-24H,3-5,10-11,16,18-19H2,1-2H3,(H,31,36)(H2,29,30,32,33);5-6,9-10,12-14H,2-4,7-8,11H2,1H3,(H,24,25)(H2,19,20,21,22);2-5,10H,6-7,11H2,1H3;2-5H,6-7H2,1H3;1H3,(H,3,4);;;1H3;/q;;;;;-1;;;+1/t23-,24-;14-;;;;;;;/m11......./s1. The third-order valence-electron chi connectivity index (χ3n) is 16.7.